The number of halogens is 1. The average Bonchev–Trinajstić information content (AvgIpc) is 2.48. The van der Waals surface area contributed by atoms with Crippen LogP contribution in [0.5, 0.6) is 5.75 Å². The first-order valence-electron chi connectivity index (χ1n) is 6.51. The number of aliphatic hydroxyl groups excluding tert-OH is 1. The summed E-state index contributed by atoms with van der Waals surface area (Å²) >= 11 is 6.04. The molecule has 0 saturated carbocycles. The van der Waals surface area contributed by atoms with Gasteiger partial charge >= 0.3 is 0 Å². The number of para-hydroxylation sites is 1. The SMILES string of the molecule is Cc1c(Cl)cccc1NCC(O)COc1ccccc1. The second-order valence-corrected chi connectivity index (χ2v) is 4.98. The van der Waals surface area contributed by atoms with E-state index in [2.05, 4.69) is 5.32 Å². The van der Waals surface area contributed by atoms with Crippen LogP contribution in [0.4, 0.5) is 5.69 Å². The zero-order valence-corrected chi connectivity index (χ0v) is 12.1. The van der Waals surface area contributed by atoms with Gasteiger partial charge in [0.25, 0.3) is 0 Å². The minimum absolute atomic E-state index is 0.247. The van der Waals surface area contributed by atoms with Crippen molar-refractivity contribution in [3.05, 3.63) is 59.1 Å². The molecule has 0 aromatic heterocycles. The van der Waals surface area contributed by atoms with Crippen molar-refractivity contribution in [3.63, 3.8) is 0 Å². The zero-order chi connectivity index (χ0) is 14.4. The Labute approximate surface area is 124 Å². The molecule has 0 aliphatic rings. The molecule has 0 heterocycles. The van der Waals surface area contributed by atoms with Crippen LogP contribution in [0.1, 0.15) is 5.56 Å². The van der Waals surface area contributed by atoms with Crippen LogP contribution in [0.2, 0.25) is 5.02 Å². The molecule has 0 aliphatic heterocycles. The number of ether oxygens (including phenoxy) is 1. The van der Waals surface area contributed by atoms with E-state index >= 15 is 0 Å². The molecule has 2 N–H and O–H groups in total. The molecule has 1 atom stereocenters. The van der Waals surface area contributed by atoms with E-state index in [1.165, 1.54) is 0 Å². The number of anilines is 1. The standard InChI is InChI=1S/C16H18ClNO2/c1-12-15(17)8-5-9-16(12)18-10-13(19)11-20-14-6-3-2-4-7-14/h2-9,13,18-19H,10-11H2,1H3. The highest BCUT2D eigenvalue weighted by molar-refractivity contribution is 6.31. The maximum absolute atomic E-state index is 9.91. The van der Waals surface area contributed by atoms with Gasteiger partial charge in [-0.2, -0.15) is 0 Å². The van der Waals surface area contributed by atoms with Gasteiger partial charge in [0.1, 0.15) is 18.5 Å². The summed E-state index contributed by atoms with van der Waals surface area (Å²) < 4.78 is 5.49. The van der Waals surface area contributed by atoms with Crippen LogP contribution in [0, 0.1) is 6.92 Å². The molecule has 0 radical (unpaired) electrons. The third-order valence-corrected chi connectivity index (χ3v) is 3.39. The second-order valence-electron chi connectivity index (χ2n) is 4.57. The molecule has 0 spiro atoms. The summed E-state index contributed by atoms with van der Waals surface area (Å²) in [5.74, 6) is 0.755. The zero-order valence-electron chi connectivity index (χ0n) is 11.3. The lowest BCUT2D eigenvalue weighted by Crippen LogP contribution is -2.26. The quantitative estimate of drug-likeness (QED) is 0.856. The van der Waals surface area contributed by atoms with Crippen molar-refractivity contribution in [2.75, 3.05) is 18.5 Å². The number of benzene rings is 2. The van der Waals surface area contributed by atoms with Gasteiger partial charge in [-0.25, -0.2) is 0 Å². The molecule has 106 valence electrons. The summed E-state index contributed by atoms with van der Waals surface area (Å²) in [5, 5.41) is 13.8. The normalized spacial score (nSPS) is 11.9. The maximum Gasteiger partial charge on any atom is 0.119 e. The van der Waals surface area contributed by atoms with Gasteiger partial charge in [0.05, 0.1) is 0 Å². The first-order valence-corrected chi connectivity index (χ1v) is 6.89. The molecule has 2 rings (SSSR count). The highest BCUT2D eigenvalue weighted by Gasteiger charge is 2.07. The van der Waals surface area contributed by atoms with Crippen molar-refractivity contribution in [1.82, 2.24) is 0 Å². The van der Waals surface area contributed by atoms with Gasteiger partial charge in [-0.3, -0.25) is 0 Å². The second kappa shape index (κ2) is 7.17. The number of rotatable bonds is 6. The van der Waals surface area contributed by atoms with E-state index in [0.717, 1.165) is 17.0 Å². The molecular formula is C16H18ClNO2. The summed E-state index contributed by atoms with van der Waals surface area (Å²) in [5.41, 5.74) is 1.90. The molecule has 0 bridgehead atoms. The Balaban J connectivity index is 1.80. The summed E-state index contributed by atoms with van der Waals surface area (Å²) in [6, 6.07) is 15.1. The van der Waals surface area contributed by atoms with Crippen LogP contribution in [0.3, 0.4) is 0 Å². The Hall–Kier alpha value is -1.71. The number of hydrogen-bond acceptors (Lipinski definition) is 3. The fraction of sp³-hybridized carbons (Fsp3) is 0.250. The molecule has 3 nitrogen and oxygen atoms in total. The van der Waals surface area contributed by atoms with E-state index in [9.17, 15) is 5.11 Å². The van der Waals surface area contributed by atoms with Crippen molar-refractivity contribution in [2.24, 2.45) is 0 Å². The maximum atomic E-state index is 9.91. The van der Waals surface area contributed by atoms with Crippen molar-refractivity contribution in [1.29, 1.82) is 0 Å². The summed E-state index contributed by atoms with van der Waals surface area (Å²) in [4.78, 5) is 0. The van der Waals surface area contributed by atoms with Crippen LogP contribution in [0.15, 0.2) is 48.5 Å². The minimum atomic E-state index is -0.589. The Morgan fingerprint density at radius 1 is 1.15 bits per heavy atom. The number of hydrogen-bond donors (Lipinski definition) is 2. The molecule has 0 aliphatic carbocycles. The van der Waals surface area contributed by atoms with Crippen molar-refractivity contribution < 1.29 is 9.84 Å². The number of nitrogens with one attached hydrogen (secondary N) is 1. The van der Waals surface area contributed by atoms with E-state index in [-0.39, 0.29) is 6.61 Å². The van der Waals surface area contributed by atoms with E-state index in [4.69, 9.17) is 16.3 Å². The molecule has 4 heteroatoms. The molecule has 1 unspecified atom stereocenters. The van der Waals surface area contributed by atoms with Crippen molar-refractivity contribution in [2.45, 2.75) is 13.0 Å². The van der Waals surface area contributed by atoms with E-state index < -0.39 is 6.10 Å². The fourth-order valence-corrected chi connectivity index (χ4v) is 1.97. The van der Waals surface area contributed by atoms with Gasteiger partial charge in [0.15, 0.2) is 0 Å². The Morgan fingerprint density at radius 2 is 1.90 bits per heavy atom. The molecule has 2 aromatic carbocycles. The molecule has 20 heavy (non-hydrogen) atoms. The molecule has 2 aromatic rings. The smallest absolute Gasteiger partial charge is 0.119 e. The highest BCUT2D eigenvalue weighted by atomic mass is 35.5. The minimum Gasteiger partial charge on any atom is -0.491 e. The molecule has 0 saturated heterocycles. The van der Waals surface area contributed by atoms with E-state index in [1.54, 1.807) is 0 Å². The van der Waals surface area contributed by atoms with Crippen LogP contribution in [0.25, 0.3) is 0 Å². The summed E-state index contributed by atoms with van der Waals surface area (Å²) in [6.45, 7) is 2.60. The first-order chi connectivity index (χ1) is 9.66. The number of aliphatic hydroxyl groups is 1. The van der Waals surface area contributed by atoms with E-state index in [0.29, 0.717) is 11.6 Å². The predicted molar refractivity (Wildman–Crippen MR) is 82.6 cm³/mol. The van der Waals surface area contributed by atoms with Crippen molar-refractivity contribution >= 4 is 17.3 Å². The van der Waals surface area contributed by atoms with Crippen LogP contribution in [-0.2, 0) is 0 Å². The lowest BCUT2D eigenvalue weighted by atomic mass is 10.2. The van der Waals surface area contributed by atoms with Gasteiger partial charge in [0.2, 0.25) is 0 Å². The fourth-order valence-electron chi connectivity index (χ4n) is 1.79. The predicted octanol–water partition coefficient (Wildman–Crippen LogP) is 3.50. The Morgan fingerprint density at radius 3 is 2.65 bits per heavy atom. The summed E-state index contributed by atoms with van der Waals surface area (Å²) in [7, 11) is 0. The Kier molecular flexibility index (Phi) is 5.27. The lowest BCUT2D eigenvalue weighted by Gasteiger charge is -2.15. The highest BCUT2D eigenvalue weighted by Crippen LogP contribution is 2.22. The van der Waals surface area contributed by atoms with Gasteiger partial charge in [0, 0.05) is 17.3 Å². The monoisotopic (exact) mass is 291 g/mol. The van der Waals surface area contributed by atoms with Crippen molar-refractivity contribution in [3.8, 4) is 5.75 Å². The van der Waals surface area contributed by atoms with Gasteiger partial charge < -0.3 is 15.2 Å². The summed E-state index contributed by atoms with van der Waals surface area (Å²) in [6.07, 6.45) is -0.589. The molecular weight excluding hydrogens is 274 g/mol. The van der Waals surface area contributed by atoms with Crippen LogP contribution in [-0.4, -0.2) is 24.4 Å². The third kappa shape index (κ3) is 4.15. The van der Waals surface area contributed by atoms with E-state index in [1.807, 2.05) is 55.5 Å². The topological polar surface area (TPSA) is 41.5 Å². The third-order valence-electron chi connectivity index (χ3n) is 2.98. The van der Waals surface area contributed by atoms with Gasteiger partial charge in [-0.1, -0.05) is 35.9 Å². The van der Waals surface area contributed by atoms with Gasteiger partial charge in [-0.05, 0) is 36.8 Å². The van der Waals surface area contributed by atoms with Gasteiger partial charge in [-0.15, -0.1) is 0 Å². The molecule has 0 fully saturated rings. The molecule has 0 amide bonds. The largest absolute Gasteiger partial charge is 0.491 e. The first kappa shape index (κ1) is 14.7. The average molecular weight is 292 g/mol. The van der Waals surface area contributed by atoms with Crippen LogP contribution >= 0.6 is 11.6 Å². The van der Waals surface area contributed by atoms with Crippen LogP contribution < -0.4 is 10.1 Å². The Bertz CT molecular complexity index is 545. The lowest BCUT2D eigenvalue weighted by molar-refractivity contribution is 0.117.